The van der Waals surface area contributed by atoms with Crippen LogP contribution in [-0.2, 0) is 19.1 Å². The quantitative estimate of drug-likeness (QED) is 0.748. The summed E-state index contributed by atoms with van der Waals surface area (Å²) in [6.45, 7) is 3.26. The van der Waals surface area contributed by atoms with Crippen molar-refractivity contribution >= 4 is 28.7 Å². The molecule has 2 unspecified atom stereocenters. The van der Waals surface area contributed by atoms with Crippen LogP contribution < -0.4 is 5.32 Å². The summed E-state index contributed by atoms with van der Waals surface area (Å²) < 4.78 is 9.71. The molecule has 0 radical (unpaired) electrons. The molecule has 0 aliphatic heterocycles. The Kier molecular flexibility index (Phi) is 6.16. The number of amides is 1. The molecule has 1 aromatic heterocycles. The summed E-state index contributed by atoms with van der Waals surface area (Å²) in [5, 5.41) is 3.43. The van der Waals surface area contributed by atoms with Gasteiger partial charge in [0.15, 0.2) is 6.61 Å². The Balaban J connectivity index is 1.93. The van der Waals surface area contributed by atoms with E-state index in [0.29, 0.717) is 6.42 Å². The van der Waals surface area contributed by atoms with Crippen molar-refractivity contribution in [2.75, 3.05) is 13.7 Å². The first-order chi connectivity index (χ1) is 12.0. The molecular weight excluding hydrogens is 324 g/mol. The number of carbonyl (C=O) groups excluding carboxylic acids is 3. The Morgan fingerprint density at radius 3 is 2.60 bits per heavy atom. The van der Waals surface area contributed by atoms with Gasteiger partial charge in [0.2, 0.25) is 0 Å². The number of hydrogen-bond donors (Lipinski definition) is 2. The number of aromatic nitrogens is 1. The third-order valence-electron chi connectivity index (χ3n) is 4.07. The number of rotatable bonds is 7. The van der Waals surface area contributed by atoms with Crippen LogP contribution in [0, 0.1) is 5.92 Å². The zero-order chi connectivity index (χ0) is 18.4. The summed E-state index contributed by atoms with van der Waals surface area (Å²) in [5.41, 5.74) is 1.07. The molecule has 2 aromatic rings. The van der Waals surface area contributed by atoms with Gasteiger partial charge in [0.25, 0.3) is 5.91 Å². The number of benzene rings is 1. The van der Waals surface area contributed by atoms with Gasteiger partial charge in [-0.1, -0.05) is 38.5 Å². The highest BCUT2D eigenvalue weighted by Crippen LogP contribution is 2.15. The van der Waals surface area contributed by atoms with Crippen molar-refractivity contribution < 1.29 is 23.9 Å². The normalized spacial score (nSPS) is 13.1. The summed E-state index contributed by atoms with van der Waals surface area (Å²) >= 11 is 0. The van der Waals surface area contributed by atoms with Gasteiger partial charge in [0.1, 0.15) is 11.7 Å². The third kappa shape index (κ3) is 4.59. The van der Waals surface area contributed by atoms with Crippen LogP contribution in [0.3, 0.4) is 0 Å². The van der Waals surface area contributed by atoms with Gasteiger partial charge in [0, 0.05) is 10.9 Å². The second kappa shape index (κ2) is 8.32. The molecule has 2 atom stereocenters. The molecule has 0 fully saturated rings. The van der Waals surface area contributed by atoms with Gasteiger partial charge in [-0.2, -0.15) is 0 Å². The monoisotopic (exact) mass is 346 g/mol. The van der Waals surface area contributed by atoms with Crippen LogP contribution in [0.25, 0.3) is 10.9 Å². The van der Waals surface area contributed by atoms with E-state index >= 15 is 0 Å². The average molecular weight is 346 g/mol. The van der Waals surface area contributed by atoms with E-state index in [4.69, 9.17) is 9.47 Å². The first-order valence-electron chi connectivity index (χ1n) is 8.08. The van der Waals surface area contributed by atoms with E-state index in [2.05, 4.69) is 10.3 Å². The summed E-state index contributed by atoms with van der Waals surface area (Å²) in [4.78, 5) is 38.7. The molecule has 0 saturated heterocycles. The number of fused-ring (bicyclic) bond motifs is 1. The van der Waals surface area contributed by atoms with Gasteiger partial charge in [-0.25, -0.2) is 9.59 Å². The van der Waals surface area contributed by atoms with Crippen LogP contribution in [-0.4, -0.2) is 42.6 Å². The minimum absolute atomic E-state index is 0.0965. The summed E-state index contributed by atoms with van der Waals surface area (Å²) in [6, 6.07) is 8.30. The lowest BCUT2D eigenvalue weighted by molar-refractivity contribution is -0.147. The lowest BCUT2D eigenvalue weighted by Gasteiger charge is -2.21. The first-order valence-corrected chi connectivity index (χ1v) is 8.08. The predicted octanol–water partition coefficient (Wildman–Crippen LogP) is 2.03. The van der Waals surface area contributed by atoms with Crippen molar-refractivity contribution in [3.63, 3.8) is 0 Å². The maximum Gasteiger partial charge on any atom is 0.355 e. The zero-order valence-corrected chi connectivity index (χ0v) is 14.5. The number of H-pyrrole nitrogens is 1. The molecule has 1 heterocycles. The van der Waals surface area contributed by atoms with Crippen molar-refractivity contribution in [2.24, 2.45) is 5.92 Å². The molecule has 0 aliphatic rings. The number of carbonyl (C=O) groups is 3. The number of para-hydroxylation sites is 1. The van der Waals surface area contributed by atoms with Gasteiger partial charge in [-0.15, -0.1) is 0 Å². The Labute approximate surface area is 145 Å². The van der Waals surface area contributed by atoms with Crippen LogP contribution in [0.1, 0.15) is 30.8 Å². The summed E-state index contributed by atoms with van der Waals surface area (Å²) in [7, 11) is 1.26. The van der Waals surface area contributed by atoms with E-state index in [9.17, 15) is 14.4 Å². The smallest absolute Gasteiger partial charge is 0.355 e. The maximum absolute atomic E-state index is 12.1. The second-order valence-corrected chi connectivity index (χ2v) is 5.80. The molecule has 25 heavy (non-hydrogen) atoms. The molecule has 1 aromatic carbocycles. The molecule has 1 amide bonds. The van der Waals surface area contributed by atoms with E-state index in [1.165, 1.54) is 7.11 Å². The fraction of sp³-hybridized carbons (Fsp3) is 0.389. The second-order valence-electron chi connectivity index (χ2n) is 5.80. The highest BCUT2D eigenvalue weighted by molar-refractivity contribution is 5.96. The Hall–Kier alpha value is -2.83. The first kappa shape index (κ1) is 18.5. The number of hydrogen-bond acceptors (Lipinski definition) is 5. The van der Waals surface area contributed by atoms with E-state index in [1.807, 2.05) is 38.1 Å². The number of methoxy groups -OCH3 is 1. The lowest BCUT2D eigenvalue weighted by Crippen LogP contribution is -2.47. The van der Waals surface area contributed by atoms with Crippen LogP contribution in [0.15, 0.2) is 30.3 Å². The van der Waals surface area contributed by atoms with Gasteiger partial charge in [-0.05, 0) is 18.1 Å². The molecular formula is C18H22N2O5. The molecule has 0 saturated carbocycles. The lowest BCUT2D eigenvalue weighted by atomic mass is 9.99. The number of esters is 2. The SMILES string of the molecule is CCC(C)C(NC(=O)COC(=O)c1cc2ccccc2[nH]1)C(=O)OC. The van der Waals surface area contributed by atoms with Crippen molar-refractivity contribution in [1.29, 1.82) is 0 Å². The Morgan fingerprint density at radius 2 is 1.96 bits per heavy atom. The largest absolute Gasteiger partial charge is 0.467 e. The maximum atomic E-state index is 12.1. The van der Waals surface area contributed by atoms with Crippen LogP contribution >= 0.6 is 0 Å². The molecule has 134 valence electrons. The molecule has 7 nitrogen and oxygen atoms in total. The predicted molar refractivity (Wildman–Crippen MR) is 92.0 cm³/mol. The van der Waals surface area contributed by atoms with E-state index < -0.39 is 30.5 Å². The van der Waals surface area contributed by atoms with Gasteiger partial charge < -0.3 is 19.8 Å². The molecule has 0 aliphatic carbocycles. The topological polar surface area (TPSA) is 97.5 Å². The minimum Gasteiger partial charge on any atom is -0.467 e. The van der Waals surface area contributed by atoms with E-state index in [-0.39, 0.29) is 11.6 Å². The van der Waals surface area contributed by atoms with Crippen molar-refractivity contribution in [3.8, 4) is 0 Å². The zero-order valence-electron chi connectivity index (χ0n) is 14.5. The van der Waals surface area contributed by atoms with Crippen molar-refractivity contribution in [1.82, 2.24) is 10.3 Å². The number of nitrogens with one attached hydrogen (secondary N) is 2. The summed E-state index contributed by atoms with van der Waals surface area (Å²) in [6.07, 6.45) is 0.689. The van der Waals surface area contributed by atoms with Crippen molar-refractivity contribution in [3.05, 3.63) is 36.0 Å². The molecule has 0 spiro atoms. The van der Waals surface area contributed by atoms with Crippen LogP contribution in [0.5, 0.6) is 0 Å². The van der Waals surface area contributed by atoms with Crippen molar-refractivity contribution in [2.45, 2.75) is 26.3 Å². The summed E-state index contributed by atoms with van der Waals surface area (Å²) in [5.74, 6) is -1.81. The highest BCUT2D eigenvalue weighted by Gasteiger charge is 2.27. The highest BCUT2D eigenvalue weighted by atomic mass is 16.5. The van der Waals surface area contributed by atoms with E-state index in [1.54, 1.807) is 6.07 Å². The Morgan fingerprint density at radius 1 is 1.24 bits per heavy atom. The fourth-order valence-electron chi connectivity index (χ4n) is 2.40. The average Bonchev–Trinajstić information content (AvgIpc) is 3.07. The van der Waals surface area contributed by atoms with E-state index in [0.717, 1.165) is 10.9 Å². The Bertz CT molecular complexity index is 735. The van der Waals surface area contributed by atoms with Gasteiger partial charge in [-0.3, -0.25) is 4.79 Å². The van der Waals surface area contributed by atoms with Gasteiger partial charge >= 0.3 is 11.9 Å². The number of aromatic amines is 1. The standard InChI is InChI=1S/C18H22N2O5/c1-4-11(2)16(18(23)24-3)20-15(21)10-25-17(22)14-9-12-7-5-6-8-13(12)19-14/h5-9,11,16,19H,4,10H2,1-3H3,(H,20,21). The number of ether oxygens (including phenoxy) is 2. The van der Waals surface area contributed by atoms with Crippen LogP contribution in [0.2, 0.25) is 0 Å². The molecule has 2 N–H and O–H groups in total. The van der Waals surface area contributed by atoms with Gasteiger partial charge in [0.05, 0.1) is 7.11 Å². The third-order valence-corrected chi connectivity index (χ3v) is 4.07. The van der Waals surface area contributed by atoms with Crippen LogP contribution in [0.4, 0.5) is 0 Å². The molecule has 2 rings (SSSR count). The molecule has 7 heteroatoms. The molecule has 0 bridgehead atoms. The minimum atomic E-state index is -0.769. The fourth-order valence-corrected chi connectivity index (χ4v) is 2.40.